The van der Waals surface area contributed by atoms with Crippen molar-refractivity contribution in [1.82, 2.24) is 0 Å². The van der Waals surface area contributed by atoms with Crippen molar-refractivity contribution in [2.45, 2.75) is 0 Å². The first-order valence-electron chi connectivity index (χ1n) is 18.6. The van der Waals surface area contributed by atoms with Crippen LogP contribution in [0, 0.1) is 22.7 Å². The number of nitriles is 2. The molecule has 0 radical (unpaired) electrons. The number of nitrogens with zero attached hydrogens (tertiary/aromatic N) is 4. The molecule has 0 N–H and O–H groups in total. The molecule has 0 aromatic heterocycles. The largest absolute Gasteiger partial charge is 0.311 e. The maximum atomic E-state index is 9.71. The van der Waals surface area contributed by atoms with Gasteiger partial charge in [-0.15, -0.1) is 0 Å². The molecule has 0 atom stereocenters. The normalized spacial score (nSPS) is 10.8. The molecule has 0 fully saturated rings. The summed E-state index contributed by atoms with van der Waals surface area (Å²) < 4.78 is 0. The summed E-state index contributed by atoms with van der Waals surface area (Å²) in [6, 6.07) is 75.6. The van der Waals surface area contributed by atoms with Crippen LogP contribution >= 0.6 is 0 Å². The first-order valence-corrected chi connectivity index (χ1v) is 18.6. The molecule has 0 spiro atoms. The molecule has 9 aromatic carbocycles. The predicted octanol–water partition coefficient (Wildman–Crippen LogP) is 14.0. The van der Waals surface area contributed by atoms with E-state index in [1.165, 1.54) is 0 Å². The van der Waals surface area contributed by atoms with Crippen LogP contribution in [-0.4, -0.2) is 0 Å². The third-order valence-electron chi connectivity index (χ3n) is 10.3. The van der Waals surface area contributed by atoms with Crippen LogP contribution in [0.25, 0.3) is 43.8 Å². The highest BCUT2D eigenvalue weighted by molar-refractivity contribution is 6.25. The average Bonchev–Trinajstić information content (AvgIpc) is 3.27. The Kier molecular flexibility index (Phi) is 8.98. The lowest BCUT2D eigenvalue weighted by Gasteiger charge is -2.30. The number of benzene rings is 9. The highest BCUT2D eigenvalue weighted by atomic mass is 15.2. The average molecular weight is 715 g/mol. The molecule has 9 aromatic rings. The third-order valence-corrected chi connectivity index (χ3v) is 10.3. The van der Waals surface area contributed by atoms with Gasteiger partial charge in [-0.1, -0.05) is 115 Å². The van der Waals surface area contributed by atoms with Crippen molar-refractivity contribution in [3.05, 3.63) is 217 Å². The molecule has 0 unspecified atom stereocenters. The molecule has 0 heterocycles. The zero-order valence-corrected chi connectivity index (χ0v) is 30.4. The summed E-state index contributed by atoms with van der Waals surface area (Å²) in [4.78, 5) is 4.61. The summed E-state index contributed by atoms with van der Waals surface area (Å²) in [5, 5.41) is 23.7. The van der Waals surface area contributed by atoms with Gasteiger partial charge in [-0.25, -0.2) is 0 Å². The quantitative estimate of drug-likeness (QED) is 0.147. The van der Waals surface area contributed by atoms with Crippen LogP contribution in [0.4, 0.5) is 34.1 Å². The van der Waals surface area contributed by atoms with Crippen molar-refractivity contribution in [3.63, 3.8) is 0 Å². The van der Waals surface area contributed by atoms with Crippen LogP contribution in [0.3, 0.4) is 0 Å². The maximum absolute atomic E-state index is 9.71. The minimum atomic E-state index is 0.614. The molecular weight excluding hydrogens is 681 g/mol. The van der Waals surface area contributed by atoms with E-state index in [-0.39, 0.29) is 0 Å². The smallest absolute Gasteiger partial charge is 0.0991 e. The van der Waals surface area contributed by atoms with Crippen molar-refractivity contribution in [2.24, 2.45) is 0 Å². The number of rotatable bonds is 8. The number of para-hydroxylation sites is 3. The highest BCUT2D eigenvalue weighted by Gasteiger charge is 2.23. The molecule has 4 heteroatoms. The molecule has 0 aliphatic carbocycles. The molecule has 56 heavy (non-hydrogen) atoms. The summed E-state index contributed by atoms with van der Waals surface area (Å²) in [6.07, 6.45) is 0. The van der Waals surface area contributed by atoms with E-state index >= 15 is 0 Å². The SMILES string of the molecule is N#Cc1ccc(-c2c3ccccc3c(-c3ccc(C#N)cc3)c3c(N(c4ccccc4)c4ccc(N(c5ccccc5)c5ccccc5)cc4)cccc23)cc1. The van der Waals surface area contributed by atoms with Gasteiger partial charge < -0.3 is 9.80 Å². The minimum Gasteiger partial charge on any atom is -0.311 e. The number of hydrogen-bond donors (Lipinski definition) is 0. The van der Waals surface area contributed by atoms with E-state index in [1.807, 2.05) is 54.6 Å². The van der Waals surface area contributed by atoms with E-state index in [0.717, 1.165) is 77.9 Å². The number of hydrogen-bond acceptors (Lipinski definition) is 4. The summed E-state index contributed by atoms with van der Waals surface area (Å²) in [5.41, 5.74) is 11.7. The van der Waals surface area contributed by atoms with Crippen LogP contribution in [0.15, 0.2) is 206 Å². The zero-order valence-electron chi connectivity index (χ0n) is 30.4. The number of anilines is 6. The summed E-state index contributed by atoms with van der Waals surface area (Å²) in [6.45, 7) is 0. The molecule has 4 nitrogen and oxygen atoms in total. The van der Waals surface area contributed by atoms with Crippen molar-refractivity contribution in [3.8, 4) is 34.4 Å². The molecule has 9 rings (SSSR count). The first kappa shape index (κ1) is 33.9. The first-order chi connectivity index (χ1) is 27.7. The Morgan fingerprint density at radius 1 is 0.304 bits per heavy atom. The molecule has 0 aliphatic heterocycles. The van der Waals surface area contributed by atoms with Crippen LogP contribution < -0.4 is 9.80 Å². The minimum absolute atomic E-state index is 0.614. The van der Waals surface area contributed by atoms with Crippen molar-refractivity contribution in [2.75, 3.05) is 9.80 Å². The van der Waals surface area contributed by atoms with Crippen LogP contribution in [0.2, 0.25) is 0 Å². The summed E-state index contributed by atoms with van der Waals surface area (Å²) in [7, 11) is 0. The van der Waals surface area contributed by atoms with Gasteiger partial charge in [-0.05, 0) is 129 Å². The second-order valence-electron chi connectivity index (χ2n) is 13.6. The van der Waals surface area contributed by atoms with Gasteiger partial charge in [0.05, 0.1) is 29.0 Å². The number of fused-ring (bicyclic) bond motifs is 2. The Morgan fingerprint density at radius 3 is 1.16 bits per heavy atom. The Morgan fingerprint density at radius 2 is 0.679 bits per heavy atom. The molecule has 0 amide bonds. The van der Waals surface area contributed by atoms with Crippen molar-refractivity contribution < 1.29 is 0 Å². The predicted molar refractivity (Wildman–Crippen MR) is 231 cm³/mol. The van der Waals surface area contributed by atoms with Gasteiger partial charge >= 0.3 is 0 Å². The fraction of sp³-hybridized carbons (Fsp3) is 0. The van der Waals surface area contributed by atoms with Crippen LogP contribution in [0.1, 0.15) is 11.1 Å². The topological polar surface area (TPSA) is 54.1 Å². The molecule has 0 saturated heterocycles. The standard InChI is InChI=1S/C52H34N4/c53-35-37-23-27-39(28-24-37)50-46-19-10-11-20-47(46)51(40-29-25-38(36-54)26-30-40)52-48(50)21-12-22-49(52)56(43-17-8-3-9-18-43)45-33-31-44(32-34-45)55(41-13-4-1-5-14-41)42-15-6-2-7-16-42/h1-34H. The lowest BCUT2D eigenvalue weighted by Crippen LogP contribution is -2.12. The van der Waals surface area contributed by atoms with Gasteiger partial charge in [-0.2, -0.15) is 10.5 Å². The van der Waals surface area contributed by atoms with Crippen molar-refractivity contribution in [1.29, 1.82) is 10.5 Å². The fourth-order valence-electron chi connectivity index (χ4n) is 7.79. The second-order valence-corrected chi connectivity index (χ2v) is 13.6. The van der Waals surface area contributed by atoms with Gasteiger partial charge in [-0.3, -0.25) is 0 Å². The molecular formula is C52H34N4. The van der Waals surface area contributed by atoms with E-state index < -0.39 is 0 Å². The fourth-order valence-corrected chi connectivity index (χ4v) is 7.79. The summed E-state index contributed by atoms with van der Waals surface area (Å²) >= 11 is 0. The van der Waals surface area contributed by atoms with E-state index in [2.05, 4.69) is 174 Å². The highest BCUT2D eigenvalue weighted by Crippen LogP contribution is 2.50. The van der Waals surface area contributed by atoms with Gasteiger partial charge in [0, 0.05) is 33.8 Å². The molecule has 262 valence electrons. The van der Waals surface area contributed by atoms with Crippen LogP contribution in [-0.2, 0) is 0 Å². The Bertz CT molecular complexity index is 2850. The van der Waals surface area contributed by atoms with Gasteiger partial charge in [0.1, 0.15) is 0 Å². The Balaban J connectivity index is 1.32. The van der Waals surface area contributed by atoms with E-state index in [1.54, 1.807) is 0 Å². The van der Waals surface area contributed by atoms with E-state index in [0.29, 0.717) is 11.1 Å². The van der Waals surface area contributed by atoms with Gasteiger partial charge in [0.15, 0.2) is 0 Å². The second kappa shape index (κ2) is 14.8. The third kappa shape index (κ3) is 6.18. The molecule has 0 bridgehead atoms. The zero-order chi connectivity index (χ0) is 37.8. The lowest BCUT2D eigenvalue weighted by molar-refractivity contribution is 1.26. The van der Waals surface area contributed by atoms with E-state index in [4.69, 9.17) is 0 Å². The maximum Gasteiger partial charge on any atom is 0.0991 e. The van der Waals surface area contributed by atoms with Crippen LogP contribution in [0.5, 0.6) is 0 Å². The Labute approximate surface area is 326 Å². The lowest BCUT2D eigenvalue weighted by atomic mass is 9.84. The molecule has 0 saturated carbocycles. The van der Waals surface area contributed by atoms with Gasteiger partial charge in [0.25, 0.3) is 0 Å². The van der Waals surface area contributed by atoms with E-state index in [9.17, 15) is 10.5 Å². The Hall–Kier alpha value is -7.92. The van der Waals surface area contributed by atoms with Crippen molar-refractivity contribution >= 4 is 55.7 Å². The molecule has 0 aliphatic rings. The summed E-state index contributed by atoms with van der Waals surface area (Å²) in [5.74, 6) is 0. The van der Waals surface area contributed by atoms with Gasteiger partial charge in [0.2, 0.25) is 0 Å². The monoisotopic (exact) mass is 714 g/mol.